The molecule has 0 aliphatic carbocycles. The van der Waals surface area contributed by atoms with Crippen molar-refractivity contribution in [3.63, 3.8) is 0 Å². The van der Waals surface area contributed by atoms with Gasteiger partial charge in [-0.25, -0.2) is 0 Å². The highest BCUT2D eigenvalue weighted by Crippen LogP contribution is 2.18. The number of aliphatic hydroxyl groups is 1. The molecule has 92 valence electrons. The van der Waals surface area contributed by atoms with Gasteiger partial charge in [-0.05, 0) is 19.8 Å². The van der Waals surface area contributed by atoms with Gasteiger partial charge in [-0.1, -0.05) is 26.7 Å². The van der Waals surface area contributed by atoms with Crippen molar-refractivity contribution in [3.8, 4) is 0 Å². The first-order chi connectivity index (χ1) is 7.18. The average Bonchev–Trinajstić information content (AvgIpc) is 2.26. The van der Waals surface area contributed by atoms with Gasteiger partial charge in [-0.3, -0.25) is 0 Å². The largest absolute Gasteiger partial charge is 0.387 e. The highest BCUT2D eigenvalue weighted by molar-refractivity contribution is 4.75. The summed E-state index contributed by atoms with van der Waals surface area (Å²) in [6, 6.07) is 0. The van der Waals surface area contributed by atoms with E-state index in [9.17, 15) is 5.11 Å². The molecule has 0 heterocycles. The summed E-state index contributed by atoms with van der Waals surface area (Å²) in [6.07, 6.45) is 3.75. The third-order valence-electron chi connectivity index (χ3n) is 2.60. The Balaban J connectivity index is 3.58. The van der Waals surface area contributed by atoms with Crippen LogP contribution in [0.25, 0.3) is 0 Å². The molecule has 0 radical (unpaired) electrons. The molecule has 0 bridgehead atoms. The minimum absolute atomic E-state index is 0.427. The molecule has 0 aromatic rings. The Hall–Kier alpha value is -0.120. The van der Waals surface area contributed by atoms with Gasteiger partial charge in [0.05, 0.1) is 25.4 Å². The van der Waals surface area contributed by atoms with Crippen molar-refractivity contribution >= 4 is 0 Å². The van der Waals surface area contributed by atoms with Gasteiger partial charge in [0.1, 0.15) is 0 Å². The van der Waals surface area contributed by atoms with Crippen molar-refractivity contribution in [1.29, 1.82) is 0 Å². The van der Waals surface area contributed by atoms with E-state index in [-0.39, 0.29) is 0 Å². The maximum Gasteiger partial charge on any atom is 0.0877 e. The molecule has 0 aliphatic heterocycles. The summed E-state index contributed by atoms with van der Waals surface area (Å²) >= 11 is 0. The van der Waals surface area contributed by atoms with Crippen LogP contribution in [0.4, 0.5) is 0 Å². The highest BCUT2D eigenvalue weighted by Gasteiger charge is 2.23. The van der Waals surface area contributed by atoms with Crippen LogP contribution >= 0.6 is 0 Å². The first kappa shape index (κ1) is 14.9. The predicted molar refractivity (Wildman–Crippen MR) is 62.1 cm³/mol. The van der Waals surface area contributed by atoms with Crippen LogP contribution < -0.4 is 0 Å². The summed E-state index contributed by atoms with van der Waals surface area (Å²) in [7, 11) is 0. The molecule has 0 fully saturated rings. The highest BCUT2D eigenvalue weighted by atomic mass is 16.5. The van der Waals surface area contributed by atoms with Gasteiger partial charge < -0.3 is 14.6 Å². The topological polar surface area (TPSA) is 38.7 Å². The second-order valence-electron chi connectivity index (χ2n) is 3.93. The van der Waals surface area contributed by atoms with E-state index in [0.717, 1.165) is 32.3 Å². The molecule has 3 heteroatoms. The Morgan fingerprint density at radius 2 is 1.73 bits per heavy atom. The van der Waals surface area contributed by atoms with Gasteiger partial charge in [-0.15, -0.1) is 0 Å². The van der Waals surface area contributed by atoms with Gasteiger partial charge in [-0.2, -0.15) is 0 Å². The van der Waals surface area contributed by atoms with Crippen LogP contribution in [0.15, 0.2) is 0 Å². The zero-order valence-electron chi connectivity index (χ0n) is 10.4. The zero-order chi connectivity index (χ0) is 11.6. The summed E-state index contributed by atoms with van der Waals surface area (Å²) in [5.41, 5.74) is -0.637. The molecule has 1 unspecified atom stereocenters. The summed E-state index contributed by atoms with van der Waals surface area (Å²) < 4.78 is 10.6. The van der Waals surface area contributed by atoms with Gasteiger partial charge in [0.2, 0.25) is 0 Å². The number of ether oxygens (including phenoxy) is 2. The van der Waals surface area contributed by atoms with Crippen molar-refractivity contribution < 1.29 is 14.6 Å². The molecule has 15 heavy (non-hydrogen) atoms. The molecular weight excluding hydrogens is 192 g/mol. The predicted octanol–water partition coefficient (Wildman–Crippen LogP) is 2.37. The summed E-state index contributed by atoms with van der Waals surface area (Å²) in [5, 5.41) is 10.1. The monoisotopic (exact) mass is 218 g/mol. The fourth-order valence-corrected chi connectivity index (χ4v) is 1.38. The van der Waals surface area contributed by atoms with Gasteiger partial charge in [0.15, 0.2) is 0 Å². The zero-order valence-corrected chi connectivity index (χ0v) is 10.4. The number of hydrogen-bond donors (Lipinski definition) is 1. The number of hydrogen-bond acceptors (Lipinski definition) is 3. The summed E-state index contributed by atoms with van der Waals surface area (Å²) in [6.45, 7) is 8.43. The van der Waals surface area contributed by atoms with Gasteiger partial charge in [0, 0.05) is 6.61 Å². The minimum atomic E-state index is -0.637. The average molecular weight is 218 g/mol. The lowest BCUT2D eigenvalue weighted by molar-refractivity contribution is -0.0652. The van der Waals surface area contributed by atoms with E-state index in [1.807, 2.05) is 13.8 Å². The molecule has 0 saturated carbocycles. The fourth-order valence-electron chi connectivity index (χ4n) is 1.38. The quantitative estimate of drug-likeness (QED) is 0.572. The summed E-state index contributed by atoms with van der Waals surface area (Å²) in [4.78, 5) is 0. The molecule has 0 amide bonds. The molecule has 0 saturated heterocycles. The standard InChI is InChI=1S/C12H26O3/c1-4-7-8-12(13,5-2)11-15-10-9-14-6-3/h13H,4-11H2,1-3H3. The molecule has 1 atom stereocenters. The van der Waals surface area contributed by atoms with Crippen LogP contribution in [-0.2, 0) is 9.47 Å². The Morgan fingerprint density at radius 1 is 1.07 bits per heavy atom. The van der Waals surface area contributed by atoms with Gasteiger partial charge >= 0.3 is 0 Å². The second-order valence-corrected chi connectivity index (χ2v) is 3.93. The fraction of sp³-hybridized carbons (Fsp3) is 1.00. The van der Waals surface area contributed by atoms with Crippen LogP contribution in [0.2, 0.25) is 0 Å². The Morgan fingerprint density at radius 3 is 2.27 bits per heavy atom. The van der Waals surface area contributed by atoms with Gasteiger partial charge in [0.25, 0.3) is 0 Å². The van der Waals surface area contributed by atoms with E-state index in [2.05, 4.69) is 6.92 Å². The van der Waals surface area contributed by atoms with Crippen molar-refractivity contribution in [1.82, 2.24) is 0 Å². The van der Waals surface area contributed by atoms with Crippen molar-refractivity contribution in [2.45, 2.75) is 52.1 Å². The maximum atomic E-state index is 10.1. The van der Waals surface area contributed by atoms with E-state index in [4.69, 9.17) is 9.47 Å². The first-order valence-corrected chi connectivity index (χ1v) is 6.06. The van der Waals surface area contributed by atoms with Crippen LogP contribution in [0.1, 0.15) is 46.5 Å². The lowest BCUT2D eigenvalue weighted by Gasteiger charge is -2.26. The van der Waals surface area contributed by atoms with Crippen molar-refractivity contribution in [3.05, 3.63) is 0 Å². The lowest BCUT2D eigenvalue weighted by atomic mass is 9.95. The maximum absolute atomic E-state index is 10.1. The Labute approximate surface area is 93.8 Å². The lowest BCUT2D eigenvalue weighted by Crippen LogP contribution is -2.34. The van der Waals surface area contributed by atoms with E-state index < -0.39 is 5.60 Å². The van der Waals surface area contributed by atoms with Crippen molar-refractivity contribution in [2.24, 2.45) is 0 Å². The first-order valence-electron chi connectivity index (χ1n) is 6.06. The SMILES string of the molecule is CCCCC(O)(CC)COCCOCC. The van der Waals surface area contributed by atoms with Crippen LogP contribution in [-0.4, -0.2) is 37.1 Å². The van der Waals surface area contributed by atoms with E-state index >= 15 is 0 Å². The molecule has 0 aliphatic rings. The van der Waals surface area contributed by atoms with E-state index in [1.165, 1.54) is 0 Å². The second kappa shape index (κ2) is 9.13. The molecule has 3 nitrogen and oxygen atoms in total. The number of rotatable bonds is 10. The molecular formula is C12H26O3. The molecule has 0 spiro atoms. The van der Waals surface area contributed by atoms with Crippen LogP contribution in [0, 0.1) is 0 Å². The smallest absolute Gasteiger partial charge is 0.0877 e. The Bertz CT molecular complexity index is 139. The third kappa shape index (κ3) is 7.77. The number of unbranched alkanes of at least 4 members (excludes halogenated alkanes) is 1. The molecule has 1 N–H and O–H groups in total. The normalized spacial score (nSPS) is 15.2. The van der Waals surface area contributed by atoms with Crippen molar-refractivity contribution in [2.75, 3.05) is 26.4 Å². The minimum Gasteiger partial charge on any atom is -0.387 e. The Kier molecular flexibility index (Phi) is 9.06. The molecule has 0 aromatic carbocycles. The van der Waals surface area contributed by atoms with E-state index in [0.29, 0.717) is 19.8 Å². The molecule has 0 aromatic heterocycles. The van der Waals surface area contributed by atoms with Crippen LogP contribution in [0.5, 0.6) is 0 Å². The van der Waals surface area contributed by atoms with Crippen LogP contribution in [0.3, 0.4) is 0 Å². The van der Waals surface area contributed by atoms with E-state index in [1.54, 1.807) is 0 Å². The molecule has 0 rings (SSSR count). The third-order valence-corrected chi connectivity index (χ3v) is 2.60. The summed E-state index contributed by atoms with van der Waals surface area (Å²) in [5.74, 6) is 0.